The average Bonchev–Trinajstić information content (AvgIpc) is 2.72. The summed E-state index contributed by atoms with van der Waals surface area (Å²) in [5.41, 5.74) is 0.976. The number of rotatable bonds is 4. The van der Waals surface area contributed by atoms with Crippen molar-refractivity contribution < 1.29 is 8.42 Å². The minimum absolute atomic E-state index is 0.00248. The Labute approximate surface area is 119 Å². The third kappa shape index (κ3) is 3.73. The van der Waals surface area contributed by atoms with Gasteiger partial charge < -0.3 is 0 Å². The topological polar surface area (TPSA) is 37.4 Å². The summed E-state index contributed by atoms with van der Waals surface area (Å²) in [4.78, 5) is 2.02. The zero-order valence-electron chi connectivity index (χ0n) is 10.5. The summed E-state index contributed by atoms with van der Waals surface area (Å²) < 4.78 is 23.1. The molecule has 19 heavy (non-hydrogen) atoms. The van der Waals surface area contributed by atoms with Crippen LogP contribution in [-0.4, -0.2) is 37.4 Å². The lowest BCUT2D eigenvalue weighted by molar-refractivity contribution is 0.230. The molecule has 0 aromatic heterocycles. The van der Waals surface area contributed by atoms with E-state index in [1.54, 1.807) is 0 Å². The highest BCUT2D eigenvalue weighted by atomic mass is 35.5. The molecule has 1 aliphatic heterocycles. The Bertz CT molecular complexity index is 592. The van der Waals surface area contributed by atoms with E-state index < -0.39 is 9.84 Å². The van der Waals surface area contributed by atoms with Gasteiger partial charge in [0, 0.05) is 17.6 Å². The summed E-state index contributed by atoms with van der Waals surface area (Å²) in [5, 5.41) is 0.686. The second-order valence-electron chi connectivity index (χ2n) is 4.76. The molecule has 1 aromatic rings. The fourth-order valence-corrected chi connectivity index (χ4v) is 4.30. The van der Waals surface area contributed by atoms with E-state index in [-0.39, 0.29) is 17.5 Å². The minimum Gasteiger partial charge on any atom is -0.284 e. The second-order valence-corrected chi connectivity index (χ2v) is 7.39. The first kappa shape index (κ1) is 14.4. The number of halogens is 1. The van der Waals surface area contributed by atoms with Gasteiger partial charge >= 0.3 is 0 Å². The van der Waals surface area contributed by atoms with Crippen LogP contribution >= 0.6 is 11.6 Å². The lowest BCUT2D eigenvalue weighted by Gasteiger charge is -2.26. The van der Waals surface area contributed by atoms with Crippen LogP contribution in [0.15, 0.2) is 24.3 Å². The van der Waals surface area contributed by atoms with Gasteiger partial charge in [0.2, 0.25) is 0 Å². The van der Waals surface area contributed by atoms with Crippen LogP contribution in [0.2, 0.25) is 5.02 Å². The Balaban J connectivity index is 2.14. The van der Waals surface area contributed by atoms with Crippen LogP contribution in [0.25, 0.3) is 0 Å². The molecule has 0 amide bonds. The van der Waals surface area contributed by atoms with Crippen LogP contribution in [0.5, 0.6) is 0 Å². The monoisotopic (exact) mass is 297 g/mol. The van der Waals surface area contributed by atoms with Gasteiger partial charge in [-0.25, -0.2) is 8.42 Å². The number of hydrogen-bond acceptors (Lipinski definition) is 3. The van der Waals surface area contributed by atoms with Crippen molar-refractivity contribution in [3.8, 4) is 12.3 Å². The van der Waals surface area contributed by atoms with Crippen LogP contribution in [0, 0.1) is 12.3 Å². The molecule has 5 heteroatoms. The van der Waals surface area contributed by atoms with Gasteiger partial charge in [0.15, 0.2) is 9.84 Å². The van der Waals surface area contributed by atoms with Gasteiger partial charge in [0.25, 0.3) is 0 Å². The Kier molecular flexibility index (Phi) is 4.51. The summed E-state index contributed by atoms with van der Waals surface area (Å²) in [5.74, 6) is 3.04. The van der Waals surface area contributed by atoms with E-state index in [2.05, 4.69) is 5.92 Å². The molecule has 1 aromatic carbocycles. The number of sulfone groups is 1. The largest absolute Gasteiger partial charge is 0.284 e. The van der Waals surface area contributed by atoms with Crippen molar-refractivity contribution in [3.05, 3.63) is 34.9 Å². The molecule has 1 unspecified atom stereocenters. The van der Waals surface area contributed by atoms with Gasteiger partial charge in [0.05, 0.1) is 18.1 Å². The fraction of sp³-hybridized carbons (Fsp3) is 0.429. The molecule has 1 saturated heterocycles. The van der Waals surface area contributed by atoms with Crippen LogP contribution in [-0.2, 0) is 16.4 Å². The zero-order valence-corrected chi connectivity index (χ0v) is 12.1. The molecule has 1 atom stereocenters. The molecule has 0 bridgehead atoms. The summed E-state index contributed by atoms with van der Waals surface area (Å²) in [6.07, 6.45) is 6.03. The number of terminal acetylenes is 1. The highest BCUT2D eigenvalue weighted by molar-refractivity contribution is 7.91. The fourth-order valence-electron chi connectivity index (χ4n) is 2.34. The van der Waals surface area contributed by atoms with Crippen molar-refractivity contribution in [2.24, 2.45) is 0 Å². The molecule has 1 fully saturated rings. The van der Waals surface area contributed by atoms with Gasteiger partial charge in [-0.1, -0.05) is 35.7 Å². The number of benzene rings is 1. The zero-order chi connectivity index (χ0) is 13.9. The quantitative estimate of drug-likeness (QED) is 0.797. The average molecular weight is 298 g/mol. The summed E-state index contributed by atoms with van der Waals surface area (Å²) in [6, 6.07) is 7.56. The smallest absolute Gasteiger partial charge is 0.151 e. The predicted octanol–water partition coefficient (Wildman–Crippen LogP) is 1.96. The van der Waals surface area contributed by atoms with Gasteiger partial charge in [-0.05, 0) is 18.1 Å². The normalized spacial score (nSPS) is 21.4. The first-order valence-electron chi connectivity index (χ1n) is 6.13. The van der Waals surface area contributed by atoms with Crippen molar-refractivity contribution in [1.82, 2.24) is 4.90 Å². The standard InChI is InChI=1S/C14H16ClNO2S/c1-2-8-16(13-7-9-19(17,18)11-13)10-12-5-3-4-6-14(12)15/h1,3-6,13H,7-11H2. The van der Waals surface area contributed by atoms with E-state index in [4.69, 9.17) is 18.0 Å². The van der Waals surface area contributed by atoms with Crippen molar-refractivity contribution in [1.29, 1.82) is 0 Å². The van der Waals surface area contributed by atoms with Crippen molar-refractivity contribution >= 4 is 21.4 Å². The first-order chi connectivity index (χ1) is 9.02. The lowest BCUT2D eigenvalue weighted by atomic mass is 10.1. The summed E-state index contributed by atoms with van der Waals surface area (Å²) >= 11 is 6.13. The molecule has 0 N–H and O–H groups in total. The molecule has 102 valence electrons. The van der Waals surface area contributed by atoms with Gasteiger partial charge in [-0.3, -0.25) is 4.90 Å². The summed E-state index contributed by atoms with van der Waals surface area (Å²) in [6.45, 7) is 1.02. The van der Waals surface area contributed by atoms with Gasteiger partial charge in [0.1, 0.15) is 0 Å². The number of hydrogen-bond donors (Lipinski definition) is 0. The van der Waals surface area contributed by atoms with E-state index in [0.717, 1.165) is 5.56 Å². The Hall–Kier alpha value is -1.02. The van der Waals surface area contributed by atoms with Crippen LogP contribution in [0.4, 0.5) is 0 Å². The van der Waals surface area contributed by atoms with Gasteiger partial charge in [-0.15, -0.1) is 6.42 Å². The highest BCUT2D eigenvalue weighted by Gasteiger charge is 2.32. The molecule has 1 heterocycles. The van der Waals surface area contributed by atoms with Gasteiger partial charge in [-0.2, -0.15) is 0 Å². The maximum Gasteiger partial charge on any atom is 0.151 e. The van der Waals surface area contributed by atoms with E-state index in [1.807, 2.05) is 29.2 Å². The van der Waals surface area contributed by atoms with Crippen LogP contribution < -0.4 is 0 Å². The highest BCUT2D eigenvalue weighted by Crippen LogP contribution is 2.22. The SMILES string of the molecule is C#CCN(Cc1ccccc1Cl)C1CCS(=O)(=O)C1. The molecule has 0 spiro atoms. The lowest BCUT2D eigenvalue weighted by Crippen LogP contribution is -2.36. The molecule has 0 radical (unpaired) electrons. The van der Waals surface area contributed by atoms with Crippen molar-refractivity contribution in [2.75, 3.05) is 18.1 Å². The predicted molar refractivity (Wildman–Crippen MR) is 77.8 cm³/mol. The van der Waals surface area contributed by atoms with E-state index in [1.165, 1.54) is 0 Å². The van der Waals surface area contributed by atoms with Crippen LogP contribution in [0.3, 0.4) is 0 Å². The molecule has 1 aliphatic rings. The van der Waals surface area contributed by atoms with Crippen molar-refractivity contribution in [2.45, 2.75) is 19.0 Å². The summed E-state index contributed by atoms with van der Waals surface area (Å²) in [7, 11) is -2.90. The molecule has 2 rings (SSSR count). The minimum atomic E-state index is -2.90. The third-order valence-corrected chi connectivity index (χ3v) is 5.47. The third-order valence-electron chi connectivity index (χ3n) is 3.35. The van der Waals surface area contributed by atoms with E-state index in [9.17, 15) is 8.42 Å². The molecule has 0 aliphatic carbocycles. The molecule has 3 nitrogen and oxygen atoms in total. The van der Waals surface area contributed by atoms with Crippen LogP contribution in [0.1, 0.15) is 12.0 Å². The maximum absolute atomic E-state index is 11.6. The Morgan fingerprint density at radius 3 is 2.74 bits per heavy atom. The van der Waals surface area contributed by atoms with E-state index >= 15 is 0 Å². The number of nitrogens with zero attached hydrogens (tertiary/aromatic N) is 1. The van der Waals surface area contributed by atoms with Crippen molar-refractivity contribution in [3.63, 3.8) is 0 Å². The van der Waals surface area contributed by atoms with E-state index in [0.29, 0.717) is 24.5 Å². The molecular formula is C14H16ClNO2S. The Morgan fingerprint density at radius 2 is 2.16 bits per heavy atom. The molecular weight excluding hydrogens is 282 g/mol. The molecule has 0 saturated carbocycles. The maximum atomic E-state index is 11.6. The first-order valence-corrected chi connectivity index (χ1v) is 8.33. The Morgan fingerprint density at radius 1 is 1.42 bits per heavy atom. The second kappa shape index (κ2) is 5.96.